The molecule has 0 rings (SSSR count). The lowest BCUT2D eigenvalue weighted by atomic mass is 9.83. The molecule has 0 aromatic carbocycles. The van der Waals surface area contributed by atoms with Gasteiger partial charge in [-0.3, -0.25) is 11.3 Å². The van der Waals surface area contributed by atoms with Crippen LogP contribution in [0.5, 0.6) is 0 Å². The molecule has 0 saturated heterocycles. The van der Waals surface area contributed by atoms with Gasteiger partial charge in [0, 0.05) is 12.6 Å². The van der Waals surface area contributed by atoms with Crippen molar-refractivity contribution in [2.45, 2.75) is 53.5 Å². The van der Waals surface area contributed by atoms with E-state index in [4.69, 9.17) is 10.6 Å². The van der Waals surface area contributed by atoms with Crippen LogP contribution in [0.3, 0.4) is 0 Å². The van der Waals surface area contributed by atoms with Crippen molar-refractivity contribution in [1.82, 2.24) is 5.43 Å². The standard InChI is InChI=1S/C12H28N2O/c1-6-15-9-11(14-13)7-10(2)8-12(3,4)5/h10-11,14H,6-9,13H2,1-5H3. The lowest BCUT2D eigenvalue weighted by Crippen LogP contribution is -2.40. The smallest absolute Gasteiger partial charge is 0.0633 e. The second-order valence-corrected chi connectivity index (χ2v) is 5.63. The van der Waals surface area contributed by atoms with E-state index in [0.29, 0.717) is 17.9 Å². The molecule has 0 fully saturated rings. The van der Waals surface area contributed by atoms with Crippen LogP contribution in [-0.2, 0) is 4.74 Å². The van der Waals surface area contributed by atoms with Crippen LogP contribution < -0.4 is 11.3 Å². The van der Waals surface area contributed by atoms with Gasteiger partial charge in [0.1, 0.15) is 0 Å². The van der Waals surface area contributed by atoms with Crippen molar-refractivity contribution >= 4 is 0 Å². The van der Waals surface area contributed by atoms with E-state index in [9.17, 15) is 0 Å². The predicted octanol–water partition coefficient (Wildman–Crippen LogP) is 2.32. The van der Waals surface area contributed by atoms with Crippen molar-refractivity contribution < 1.29 is 4.74 Å². The lowest BCUT2D eigenvalue weighted by molar-refractivity contribution is 0.111. The Labute approximate surface area is 94.7 Å². The molecule has 0 aromatic heterocycles. The van der Waals surface area contributed by atoms with Crippen LogP contribution >= 0.6 is 0 Å². The highest BCUT2D eigenvalue weighted by molar-refractivity contribution is 4.72. The van der Waals surface area contributed by atoms with E-state index in [1.807, 2.05) is 6.92 Å². The first-order valence-electron chi connectivity index (χ1n) is 5.93. The van der Waals surface area contributed by atoms with E-state index >= 15 is 0 Å². The van der Waals surface area contributed by atoms with Gasteiger partial charge in [-0.25, -0.2) is 0 Å². The summed E-state index contributed by atoms with van der Waals surface area (Å²) >= 11 is 0. The highest BCUT2D eigenvalue weighted by atomic mass is 16.5. The van der Waals surface area contributed by atoms with Gasteiger partial charge in [0.25, 0.3) is 0 Å². The molecule has 0 bridgehead atoms. The fourth-order valence-corrected chi connectivity index (χ4v) is 2.06. The zero-order valence-electron chi connectivity index (χ0n) is 11.0. The van der Waals surface area contributed by atoms with Crippen molar-refractivity contribution in [3.05, 3.63) is 0 Å². The molecule has 0 aliphatic heterocycles. The highest BCUT2D eigenvalue weighted by Gasteiger charge is 2.18. The van der Waals surface area contributed by atoms with Crippen molar-refractivity contribution in [2.75, 3.05) is 13.2 Å². The molecule has 3 nitrogen and oxygen atoms in total. The summed E-state index contributed by atoms with van der Waals surface area (Å²) < 4.78 is 5.38. The summed E-state index contributed by atoms with van der Waals surface area (Å²) in [5.74, 6) is 6.17. The molecular weight excluding hydrogens is 188 g/mol. The quantitative estimate of drug-likeness (QED) is 0.507. The van der Waals surface area contributed by atoms with Gasteiger partial charge in [0.2, 0.25) is 0 Å². The van der Waals surface area contributed by atoms with E-state index in [1.54, 1.807) is 0 Å². The molecule has 2 atom stereocenters. The Balaban J connectivity index is 3.85. The molecule has 15 heavy (non-hydrogen) atoms. The van der Waals surface area contributed by atoms with Crippen LogP contribution in [0.4, 0.5) is 0 Å². The highest BCUT2D eigenvalue weighted by Crippen LogP contribution is 2.26. The second kappa shape index (κ2) is 7.20. The number of rotatable bonds is 7. The molecule has 0 aliphatic rings. The summed E-state index contributed by atoms with van der Waals surface area (Å²) in [5.41, 5.74) is 3.22. The van der Waals surface area contributed by atoms with E-state index in [1.165, 1.54) is 6.42 Å². The third-order valence-corrected chi connectivity index (χ3v) is 2.41. The van der Waals surface area contributed by atoms with Gasteiger partial charge in [-0.05, 0) is 31.1 Å². The molecule has 3 N–H and O–H groups in total. The fraction of sp³-hybridized carbons (Fsp3) is 1.00. The minimum Gasteiger partial charge on any atom is -0.380 e. The zero-order chi connectivity index (χ0) is 11.9. The molecule has 2 unspecified atom stereocenters. The first-order chi connectivity index (χ1) is 6.89. The topological polar surface area (TPSA) is 47.3 Å². The summed E-state index contributed by atoms with van der Waals surface area (Å²) in [7, 11) is 0. The van der Waals surface area contributed by atoms with E-state index in [-0.39, 0.29) is 6.04 Å². The van der Waals surface area contributed by atoms with E-state index in [0.717, 1.165) is 13.0 Å². The summed E-state index contributed by atoms with van der Waals surface area (Å²) in [4.78, 5) is 0. The van der Waals surface area contributed by atoms with E-state index in [2.05, 4.69) is 33.1 Å². The maximum absolute atomic E-state index is 5.50. The fourth-order valence-electron chi connectivity index (χ4n) is 2.06. The number of ether oxygens (including phenoxy) is 1. The van der Waals surface area contributed by atoms with Crippen molar-refractivity contribution in [2.24, 2.45) is 17.2 Å². The lowest BCUT2D eigenvalue weighted by Gasteiger charge is -2.26. The van der Waals surface area contributed by atoms with Gasteiger partial charge < -0.3 is 4.74 Å². The number of hydrazine groups is 1. The monoisotopic (exact) mass is 216 g/mol. The summed E-state index contributed by atoms with van der Waals surface area (Å²) in [5, 5.41) is 0. The van der Waals surface area contributed by atoms with Gasteiger partial charge in [0.05, 0.1) is 6.61 Å². The number of hydrogen-bond acceptors (Lipinski definition) is 3. The number of nitrogens with one attached hydrogen (secondary N) is 1. The average molecular weight is 216 g/mol. The van der Waals surface area contributed by atoms with Gasteiger partial charge in [-0.2, -0.15) is 0 Å². The molecule has 0 amide bonds. The zero-order valence-corrected chi connectivity index (χ0v) is 11.0. The van der Waals surface area contributed by atoms with Gasteiger partial charge in [0.15, 0.2) is 0 Å². The molecule has 3 heteroatoms. The van der Waals surface area contributed by atoms with Crippen LogP contribution in [-0.4, -0.2) is 19.3 Å². The molecule has 0 heterocycles. The Morgan fingerprint density at radius 1 is 1.33 bits per heavy atom. The normalized spacial score (nSPS) is 16.4. The SMILES string of the molecule is CCOCC(CC(C)CC(C)(C)C)NN. The Hall–Kier alpha value is -0.120. The first kappa shape index (κ1) is 14.9. The molecule has 0 aromatic rings. The molecule has 0 aliphatic carbocycles. The van der Waals surface area contributed by atoms with Crippen molar-refractivity contribution in [3.63, 3.8) is 0 Å². The molecule has 0 saturated carbocycles. The first-order valence-corrected chi connectivity index (χ1v) is 5.93. The van der Waals surface area contributed by atoms with Gasteiger partial charge in [-0.15, -0.1) is 0 Å². The summed E-state index contributed by atoms with van der Waals surface area (Å²) in [6.07, 6.45) is 2.30. The Kier molecular flexibility index (Phi) is 7.14. The average Bonchev–Trinajstić information content (AvgIpc) is 2.09. The van der Waals surface area contributed by atoms with Crippen LogP contribution in [0.2, 0.25) is 0 Å². The van der Waals surface area contributed by atoms with Crippen LogP contribution in [0.15, 0.2) is 0 Å². The van der Waals surface area contributed by atoms with Crippen molar-refractivity contribution in [1.29, 1.82) is 0 Å². The van der Waals surface area contributed by atoms with Crippen LogP contribution in [0.25, 0.3) is 0 Å². The Morgan fingerprint density at radius 2 is 1.93 bits per heavy atom. The van der Waals surface area contributed by atoms with Crippen molar-refractivity contribution in [3.8, 4) is 0 Å². The maximum Gasteiger partial charge on any atom is 0.0633 e. The van der Waals surface area contributed by atoms with Crippen LogP contribution in [0.1, 0.15) is 47.5 Å². The third-order valence-electron chi connectivity index (χ3n) is 2.41. The Morgan fingerprint density at radius 3 is 2.33 bits per heavy atom. The summed E-state index contributed by atoms with van der Waals surface area (Å²) in [6.45, 7) is 12.6. The Bertz CT molecular complexity index is 154. The largest absolute Gasteiger partial charge is 0.380 e. The molecular formula is C12H28N2O. The number of hydrogen-bond donors (Lipinski definition) is 2. The van der Waals surface area contributed by atoms with Gasteiger partial charge in [-0.1, -0.05) is 27.7 Å². The molecule has 92 valence electrons. The summed E-state index contributed by atoms with van der Waals surface area (Å²) in [6, 6.07) is 0.280. The van der Waals surface area contributed by atoms with Crippen LogP contribution in [0, 0.1) is 11.3 Å². The molecule has 0 radical (unpaired) electrons. The third kappa shape index (κ3) is 8.85. The number of nitrogens with two attached hydrogens (primary N) is 1. The van der Waals surface area contributed by atoms with Gasteiger partial charge >= 0.3 is 0 Å². The minimum atomic E-state index is 0.280. The molecule has 0 spiro atoms. The minimum absolute atomic E-state index is 0.280. The van der Waals surface area contributed by atoms with E-state index < -0.39 is 0 Å². The predicted molar refractivity (Wildman–Crippen MR) is 65.5 cm³/mol. The second-order valence-electron chi connectivity index (χ2n) is 5.63. The maximum atomic E-state index is 5.50.